The molecule has 0 unspecified atom stereocenters. The number of aliphatic carboxylic acids is 1. The first-order valence-corrected chi connectivity index (χ1v) is 7.32. The van der Waals surface area contributed by atoms with E-state index < -0.39 is 5.97 Å². The highest BCUT2D eigenvalue weighted by molar-refractivity contribution is 6.33. The van der Waals surface area contributed by atoms with Gasteiger partial charge in [0.05, 0.1) is 17.1 Å². The Labute approximate surface area is 127 Å². The van der Waals surface area contributed by atoms with Crippen molar-refractivity contribution in [3.8, 4) is 0 Å². The molecule has 0 aromatic carbocycles. The molecule has 1 heterocycles. The first kappa shape index (κ1) is 15.7. The molecule has 0 aliphatic heterocycles. The number of nitrogens with zero attached hydrogens (tertiary/aromatic N) is 2. The molecule has 1 aliphatic carbocycles. The second-order valence-corrected chi connectivity index (χ2v) is 6.01. The molecule has 2 atom stereocenters. The number of nitrogens with one attached hydrogen (secondary N) is 1. The van der Waals surface area contributed by atoms with Crippen molar-refractivity contribution in [3.05, 3.63) is 22.7 Å². The lowest BCUT2D eigenvalue weighted by molar-refractivity contribution is -0.141. The Hall–Kier alpha value is -1.69. The molecular formula is C14H18ClN3O3. The Kier molecular flexibility index (Phi) is 4.77. The summed E-state index contributed by atoms with van der Waals surface area (Å²) in [4.78, 5) is 31.4. The van der Waals surface area contributed by atoms with Crippen LogP contribution in [0.1, 0.15) is 55.3 Å². The summed E-state index contributed by atoms with van der Waals surface area (Å²) < 4.78 is 0. The van der Waals surface area contributed by atoms with Crippen molar-refractivity contribution >= 4 is 23.5 Å². The quantitative estimate of drug-likeness (QED) is 0.889. The molecule has 6 nitrogen and oxygen atoms in total. The molecule has 7 heteroatoms. The minimum Gasteiger partial charge on any atom is -0.481 e. The standard InChI is InChI=1S/C14H18ClN3O3/c1-7(2)12-16-6-10(15)11(18-12)13(19)17-9-4-3-8(5-9)14(20)21/h6-9H,3-5H2,1-2H3,(H,17,19)(H,20,21)/t8-,9+/m0/s1. The summed E-state index contributed by atoms with van der Waals surface area (Å²) in [6.07, 6.45) is 3.10. The van der Waals surface area contributed by atoms with E-state index in [1.165, 1.54) is 6.20 Å². The molecule has 2 N–H and O–H groups in total. The molecule has 0 radical (unpaired) electrons. The van der Waals surface area contributed by atoms with Crippen molar-refractivity contribution in [1.29, 1.82) is 0 Å². The zero-order valence-corrected chi connectivity index (χ0v) is 12.7. The molecule has 1 aromatic rings. The molecule has 21 heavy (non-hydrogen) atoms. The SMILES string of the molecule is CC(C)c1ncc(Cl)c(C(=O)N[C@@H]2CC[C@H](C(=O)O)C2)n1. The third-order valence-electron chi connectivity index (χ3n) is 3.61. The van der Waals surface area contributed by atoms with Crippen LogP contribution < -0.4 is 5.32 Å². The van der Waals surface area contributed by atoms with Gasteiger partial charge < -0.3 is 10.4 Å². The van der Waals surface area contributed by atoms with Crippen LogP contribution in [0.4, 0.5) is 0 Å². The molecule has 1 aromatic heterocycles. The molecule has 0 bridgehead atoms. The summed E-state index contributed by atoms with van der Waals surface area (Å²) in [7, 11) is 0. The van der Waals surface area contributed by atoms with Crippen LogP contribution in [0.5, 0.6) is 0 Å². The first-order valence-electron chi connectivity index (χ1n) is 6.94. The summed E-state index contributed by atoms with van der Waals surface area (Å²) in [5.41, 5.74) is 0.147. The lowest BCUT2D eigenvalue weighted by Crippen LogP contribution is -2.34. The van der Waals surface area contributed by atoms with E-state index >= 15 is 0 Å². The fourth-order valence-corrected chi connectivity index (χ4v) is 2.59. The van der Waals surface area contributed by atoms with E-state index in [2.05, 4.69) is 15.3 Å². The van der Waals surface area contributed by atoms with Gasteiger partial charge in [-0.25, -0.2) is 9.97 Å². The van der Waals surface area contributed by atoms with Crippen molar-refractivity contribution in [3.63, 3.8) is 0 Å². The first-order chi connectivity index (χ1) is 9.88. The Morgan fingerprint density at radius 3 is 2.71 bits per heavy atom. The van der Waals surface area contributed by atoms with E-state index in [1.54, 1.807) is 0 Å². The van der Waals surface area contributed by atoms with E-state index in [-0.39, 0.29) is 34.5 Å². The van der Waals surface area contributed by atoms with E-state index in [4.69, 9.17) is 16.7 Å². The van der Waals surface area contributed by atoms with E-state index in [1.807, 2.05) is 13.8 Å². The van der Waals surface area contributed by atoms with Gasteiger partial charge in [-0.3, -0.25) is 9.59 Å². The summed E-state index contributed by atoms with van der Waals surface area (Å²) in [6.45, 7) is 3.86. The smallest absolute Gasteiger partial charge is 0.306 e. The topological polar surface area (TPSA) is 92.2 Å². The molecule has 1 fully saturated rings. The van der Waals surface area contributed by atoms with Gasteiger partial charge in [0, 0.05) is 12.0 Å². The van der Waals surface area contributed by atoms with E-state index in [0.29, 0.717) is 25.1 Å². The average Bonchev–Trinajstić information content (AvgIpc) is 2.87. The normalized spacial score (nSPS) is 21.5. The number of carboxylic acid groups (broad SMARTS) is 1. The number of hydrogen-bond acceptors (Lipinski definition) is 4. The van der Waals surface area contributed by atoms with Gasteiger partial charge >= 0.3 is 5.97 Å². The predicted octanol–water partition coefficient (Wildman–Crippen LogP) is 2.24. The van der Waals surface area contributed by atoms with Gasteiger partial charge in [-0.15, -0.1) is 0 Å². The highest BCUT2D eigenvalue weighted by atomic mass is 35.5. The summed E-state index contributed by atoms with van der Waals surface area (Å²) in [5.74, 6) is -0.923. The maximum Gasteiger partial charge on any atom is 0.306 e. The second kappa shape index (κ2) is 6.39. The maximum atomic E-state index is 12.2. The highest BCUT2D eigenvalue weighted by Crippen LogP contribution is 2.26. The van der Waals surface area contributed by atoms with Crippen molar-refractivity contribution in [2.45, 2.75) is 45.1 Å². The lowest BCUT2D eigenvalue weighted by atomic mass is 10.1. The Balaban J connectivity index is 2.07. The van der Waals surface area contributed by atoms with Crippen LogP contribution in [0.25, 0.3) is 0 Å². The number of amides is 1. The zero-order valence-electron chi connectivity index (χ0n) is 12.0. The number of rotatable bonds is 4. The van der Waals surface area contributed by atoms with Crippen molar-refractivity contribution in [1.82, 2.24) is 15.3 Å². The third kappa shape index (κ3) is 3.69. The van der Waals surface area contributed by atoms with Crippen molar-refractivity contribution < 1.29 is 14.7 Å². The second-order valence-electron chi connectivity index (χ2n) is 5.60. The molecular weight excluding hydrogens is 294 g/mol. The Morgan fingerprint density at radius 1 is 1.43 bits per heavy atom. The molecule has 2 rings (SSSR count). The fourth-order valence-electron chi connectivity index (χ4n) is 2.41. The van der Waals surface area contributed by atoms with Gasteiger partial charge in [0.25, 0.3) is 5.91 Å². The summed E-state index contributed by atoms with van der Waals surface area (Å²) in [5, 5.41) is 12.0. The van der Waals surface area contributed by atoms with Crippen LogP contribution in [-0.2, 0) is 4.79 Å². The van der Waals surface area contributed by atoms with Gasteiger partial charge in [-0.05, 0) is 19.3 Å². The number of carbonyl (C=O) groups excluding carboxylic acids is 1. The number of hydrogen-bond donors (Lipinski definition) is 2. The summed E-state index contributed by atoms with van der Waals surface area (Å²) >= 11 is 5.98. The zero-order chi connectivity index (χ0) is 15.6. The van der Waals surface area contributed by atoms with E-state index in [9.17, 15) is 9.59 Å². The molecule has 1 aliphatic rings. The Morgan fingerprint density at radius 2 is 2.14 bits per heavy atom. The Bertz CT molecular complexity index is 562. The number of carboxylic acids is 1. The maximum absolute atomic E-state index is 12.2. The van der Waals surface area contributed by atoms with Crippen LogP contribution in [0, 0.1) is 5.92 Å². The predicted molar refractivity (Wildman–Crippen MR) is 77.4 cm³/mol. The average molecular weight is 312 g/mol. The van der Waals surface area contributed by atoms with Gasteiger partial charge in [-0.1, -0.05) is 25.4 Å². The van der Waals surface area contributed by atoms with Crippen LogP contribution in [-0.4, -0.2) is 33.0 Å². The fraction of sp³-hybridized carbons (Fsp3) is 0.571. The largest absolute Gasteiger partial charge is 0.481 e. The van der Waals surface area contributed by atoms with Crippen LogP contribution in [0.3, 0.4) is 0 Å². The van der Waals surface area contributed by atoms with Gasteiger partial charge in [0.1, 0.15) is 11.5 Å². The van der Waals surface area contributed by atoms with E-state index in [0.717, 1.165) is 0 Å². The van der Waals surface area contributed by atoms with Crippen molar-refractivity contribution in [2.24, 2.45) is 5.92 Å². The van der Waals surface area contributed by atoms with Gasteiger partial charge in [-0.2, -0.15) is 0 Å². The number of carbonyl (C=O) groups is 2. The molecule has 1 saturated carbocycles. The number of halogens is 1. The minimum atomic E-state index is -0.811. The molecule has 114 valence electrons. The van der Waals surface area contributed by atoms with Crippen LogP contribution in [0.2, 0.25) is 5.02 Å². The van der Waals surface area contributed by atoms with Gasteiger partial charge in [0.2, 0.25) is 0 Å². The van der Waals surface area contributed by atoms with Crippen LogP contribution in [0.15, 0.2) is 6.20 Å². The summed E-state index contributed by atoms with van der Waals surface area (Å²) in [6, 6.07) is -0.146. The highest BCUT2D eigenvalue weighted by Gasteiger charge is 2.31. The van der Waals surface area contributed by atoms with Crippen molar-refractivity contribution in [2.75, 3.05) is 0 Å². The molecule has 0 saturated heterocycles. The van der Waals surface area contributed by atoms with Gasteiger partial charge in [0.15, 0.2) is 0 Å². The number of aromatic nitrogens is 2. The minimum absolute atomic E-state index is 0.0942. The monoisotopic (exact) mass is 311 g/mol. The molecule has 1 amide bonds. The third-order valence-corrected chi connectivity index (χ3v) is 3.89. The molecule has 0 spiro atoms. The lowest BCUT2D eigenvalue weighted by Gasteiger charge is -2.13. The van der Waals surface area contributed by atoms with Crippen LogP contribution >= 0.6 is 11.6 Å².